The fraction of sp³-hybridized carbons (Fsp3) is 0.423. The van der Waals surface area contributed by atoms with Gasteiger partial charge in [-0.1, -0.05) is 55.5 Å². The van der Waals surface area contributed by atoms with Crippen molar-refractivity contribution in [2.24, 2.45) is 11.8 Å². The molecule has 172 valence electrons. The van der Waals surface area contributed by atoms with Crippen LogP contribution in [0, 0.1) is 11.8 Å². The van der Waals surface area contributed by atoms with Gasteiger partial charge in [-0.05, 0) is 47.4 Å². The molecule has 1 atom stereocenters. The molecule has 2 aromatic carbocycles. The van der Waals surface area contributed by atoms with Gasteiger partial charge in [0.05, 0.1) is 5.92 Å². The first kappa shape index (κ1) is 21.5. The van der Waals surface area contributed by atoms with Crippen LogP contribution in [0.5, 0.6) is 0 Å². The van der Waals surface area contributed by atoms with E-state index in [-0.39, 0.29) is 30.9 Å². The molecule has 2 bridgehead atoms. The van der Waals surface area contributed by atoms with E-state index < -0.39 is 23.5 Å². The first-order valence-electron chi connectivity index (χ1n) is 11.6. The minimum Gasteiger partial charge on any atom is -0.479 e. The highest BCUT2D eigenvalue weighted by atomic mass is 16.5. The second-order valence-corrected chi connectivity index (χ2v) is 9.37. The van der Waals surface area contributed by atoms with Crippen molar-refractivity contribution in [3.8, 4) is 11.1 Å². The monoisotopic (exact) mass is 448 g/mol. The van der Waals surface area contributed by atoms with Crippen molar-refractivity contribution in [1.29, 1.82) is 0 Å². The molecule has 0 radical (unpaired) electrons. The molecule has 2 amide bonds. The molecule has 4 aliphatic rings. The molecule has 2 aliphatic heterocycles. The number of carbonyl (C=O) groups excluding carboxylic acids is 2. The summed E-state index contributed by atoms with van der Waals surface area (Å²) in [6.07, 6.45) is 1.01. The summed E-state index contributed by atoms with van der Waals surface area (Å²) >= 11 is 0. The van der Waals surface area contributed by atoms with E-state index in [1.807, 2.05) is 31.2 Å². The quantitative estimate of drug-likeness (QED) is 0.674. The lowest BCUT2D eigenvalue weighted by atomic mass is 9.73. The lowest BCUT2D eigenvalue weighted by molar-refractivity contribution is -0.159. The summed E-state index contributed by atoms with van der Waals surface area (Å²) in [6.45, 7) is 2.70. The summed E-state index contributed by atoms with van der Waals surface area (Å²) in [5.41, 5.74) is 3.56. The molecular weight excluding hydrogens is 420 g/mol. The van der Waals surface area contributed by atoms with E-state index in [2.05, 4.69) is 29.6 Å². The summed E-state index contributed by atoms with van der Waals surface area (Å²) < 4.78 is 5.56. The molecule has 6 rings (SSSR count). The van der Waals surface area contributed by atoms with Gasteiger partial charge < -0.3 is 20.1 Å². The van der Waals surface area contributed by atoms with Crippen LogP contribution in [0.15, 0.2) is 48.5 Å². The highest BCUT2D eigenvalue weighted by Crippen LogP contribution is 2.51. The van der Waals surface area contributed by atoms with Crippen LogP contribution in [0.3, 0.4) is 0 Å². The number of carbonyl (C=O) groups is 3. The van der Waals surface area contributed by atoms with Crippen molar-refractivity contribution in [2.75, 3.05) is 19.7 Å². The Hall–Kier alpha value is -3.35. The van der Waals surface area contributed by atoms with E-state index in [1.54, 1.807) is 0 Å². The second-order valence-electron chi connectivity index (χ2n) is 9.37. The fourth-order valence-electron chi connectivity index (χ4n) is 5.75. The van der Waals surface area contributed by atoms with Crippen LogP contribution in [-0.2, 0) is 14.3 Å². The first-order chi connectivity index (χ1) is 15.9. The van der Waals surface area contributed by atoms with Crippen molar-refractivity contribution >= 4 is 18.0 Å². The maximum Gasteiger partial charge on any atom is 0.407 e. The summed E-state index contributed by atoms with van der Waals surface area (Å²) in [7, 11) is 0. The molecule has 33 heavy (non-hydrogen) atoms. The third-order valence-corrected chi connectivity index (χ3v) is 7.55. The van der Waals surface area contributed by atoms with Gasteiger partial charge in [-0.15, -0.1) is 0 Å². The number of amides is 2. The predicted octanol–water partition coefficient (Wildman–Crippen LogP) is 3.63. The zero-order valence-corrected chi connectivity index (χ0v) is 18.6. The smallest absolute Gasteiger partial charge is 0.407 e. The van der Waals surface area contributed by atoms with Crippen LogP contribution < -0.4 is 5.32 Å². The van der Waals surface area contributed by atoms with Gasteiger partial charge in [0, 0.05) is 19.0 Å². The molecule has 7 heteroatoms. The van der Waals surface area contributed by atoms with E-state index in [1.165, 1.54) is 4.90 Å². The van der Waals surface area contributed by atoms with Crippen LogP contribution in [0.25, 0.3) is 11.1 Å². The molecule has 0 aromatic heterocycles. The molecule has 7 nitrogen and oxygen atoms in total. The first-order valence-corrected chi connectivity index (χ1v) is 11.6. The largest absolute Gasteiger partial charge is 0.479 e. The van der Waals surface area contributed by atoms with Gasteiger partial charge in [0.1, 0.15) is 12.1 Å². The van der Waals surface area contributed by atoms with Crippen LogP contribution >= 0.6 is 0 Å². The minimum atomic E-state index is -1.04. The second kappa shape index (κ2) is 8.21. The number of hydrogen-bond donors (Lipinski definition) is 2. The van der Waals surface area contributed by atoms with Crippen LogP contribution in [0.4, 0.5) is 4.79 Å². The van der Waals surface area contributed by atoms with E-state index >= 15 is 0 Å². The van der Waals surface area contributed by atoms with E-state index in [9.17, 15) is 19.5 Å². The van der Waals surface area contributed by atoms with Crippen LogP contribution in [0.1, 0.15) is 43.2 Å². The van der Waals surface area contributed by atoms with Crippen LogP contribution in [0.2, 0.25) is 0 Å². The third kappa shape index (κ3) is 3.46. The molecule has 0 spiro atoms. The fourth-order valence-corrected chi connectivity index (χ4v) is 5.75. The lowest BCUT2D eigenvalue weighted by Crippen LogP contribution is -2.56. The summed E-state index contributed by atoms with van der Waals surface area (Å²) in [6, 6.07) is 16.3. The van der Waals surface area contributed by atoms with Crippen molar-refractivity contribution < 1.29 is 24.2 Å². The van der Waals surface area contributed by atoms with Crippen molar-refractivity contribution in [3.05, 3.63) is 59.7 Å². The summed E-state index contributed by atoms with van der Waals surface area (Å²) in [5.74, 6) is -1.35. The molecule has 1 saturated carbocycles. The van der Waals surface area contributed by atoms with Crippen molar-refractivity contribution in [3.63, 3.8) is 0 Å². The Morgan fingerprint density at radius 2 is 1.70 bits per heavy atom. The number of nitrogens with zero attached hydrogens (tertiary/aromatic N) is 1. The predicted molar refractivity (Wildman–Crippen MR) is 122 cm³/mol. The van der Waals surface area contributed by atoms with E-state index in [0.29, 0.717) is 25.8 Å². The molecule has 2 saturated heterocycles. The number of carboxylic acids is 1. The molecule has 2 N–H and O–H groups in total. The number of carboxylic acid groups (broad SMARTS) is 1. The topological polar surface area (TPSA) is 95.9 Å². The molecule has 2 aromatic rings. The number of alkyl carbamates (subject to hydrolysis) is 1. The van der Waals surface area contributed by atoms with E-state index in [4.69, 9.17) is 4.74 Å². The van der Waals surface area contributed by atoms with Gasteiger partial charge in [0.15, 0.2) is 0 Å². The Morgan fingerprint density at radius 3 is 2.27 bits per heavy atom. The normalized spacial score (nSPS) is 23.3. The number of fused-ring (bicyclic) bond motifs is 4. The molecule has 1 unspecified atom stereocenters. The van der Waals surface area contributed by atoms with Crippen molar-refractivity contribution in [1.82, 2.24) is 10.2 Å². The average Bonchev–Trinajstić information content (AvgIpc) is 3.46. The Balaban J connectivity index is 1.19. The van der Waals surface area contributed by atoms with Gasteiger partial charge in [-0.2, -0.15) is 0 Å². The van der Waals surface area contributed by atoms with Gasteiger partial charge >= 0.3 is 12.1 Å². The maximum absolute atomic E-state index is 13.0. The Bertz CT molecular complexity index is 1060. The highest BCUT2D eigenvalue weighted by molar-refractivity contribution is 5.90. The molecule has 3 fully saturated rings. The standard InChI is InChI=1S/C26H28N2O5/c1-2-17(23(29)28-14-16-11-26(28,12-16)24(30)31)13-27-25(32)33-15-22-20-9-5-3-7-18(20)19-8-4-6-10-21(19)22/h3-10,16-17,22H,2,11-15H2,1H3,(H,27,32)(H,30,31). The van der Waals surface area contributed by atoms with Gasteiger partial charge in [-0.25, -0.2) is 9.59 Å². The molecular formula is C26H28N2O5. The van der Waals surface area contributed by atoms with E-state index in [0.717, 1.165) is 22.3 Å². The minimum absolute atomic E-state index is 0.0291. The third-order valence-electron chi connectivity index (χ3n) is 7.55. The average molecular weight is 449 g/mol. The maximum atomic E-state index is 13.0. The van der Waals surface area contributed by atoms with Gasteiger partial charge in [-0.3, -0.25) is 4.79 Å². The molecule has 2 heterocycles. The van der Waals surface area contributed by atoms with Crippen molar-refractivity contribution in [2.45, 2.75) is 37.6 Å². The number of nitrogens with one attached hydrogen (secondary N) is 1. The SMILES string of the molecule is CCC(CNC(=O)OCC1c2ccccc2-c2ccccc21)C(=O)N1CC2CC1(C(=O)O)C2. The highest BCUT2D eigenvalue weighted by Gasteiger charge is 2.63. The Morgan fingerprint density at radius 1 is 1.09 bits per heavy atom. The Labute approximate surface area is 192 Å². The van der Waals surface area contributed by atoms with Gasteiger partial charge in [0.25, 0.3) is 0 Å². The number of benzene rings is 2. The number of rotatable bonds is 7. The van der Waals surface area contributed by atoms with Gasteiger partial charge in [0.2, 0.25) is 5.91 Å². The number of ether oxygens (including phenoxy) is 1. The number of hydrogen-bond acceptors (Lipinski definition) is 4. The lowest BCUT2D eigenvalue weighted by Gasteiger charge is -2.39. The summed E-state index contributed by atoms with van der Waals surface area (Å²) in [5, 5.41) is 12.4. The number of aliphatic carboxylic acids is 1. The molecule has 2 aliphatic carbocycles. The van der Waals surface area contributed by atoms with Crippen LogP contribution in [-0.4, -0.2) is 53.2 Å². The summed E-state index contributed by atoms with van der Waals surface area (Å²) in [4.78, 5) is 38.8. The Kier molecular flexibility index (Phi) is 5.35. The zero-order valence-electron chi connectivity index (χ0n) is 18.6. The zero-order chi connectivity index (χ0) is 23.2.